The Morgan fingerprint density at radius 2 is 1.77 bits per heavy atom. The van der Waals surface area contributed by atoms with E-state index in [0.29, 0.717) is 15.8 Å². The van der Waals surface area contributed by atoms with Crippen molar-refractivity contribution in [2.24, 2.45) is 0 Å². The minimum absolute atomic E-state index is 0.0163. The van der Waals surface area contributed by atoms with E-state index in [1.807, 2.05) is 60.7 Å². The Labute approximate surface area is 152 Å². The van der Waals surface area contributed by atoms with Crippen LogP contribution in [0, 0.1) is 3.57 Å². The fourth-order valence-corrected chi connectivity index (χ4v) is 3.73. The van der Waals surface area contributed by atoms with Crippen LogP contribution in [0.3, 0.4) is 0 Å². The van der Waals surface area contributed by atoms with Crippen molar-refractivity contribution in [3.8, 4) is 0 Å². The molecule has 0 unspecified atom stereocenters. The molecule has 1 amide bonds. The highest BCUT2D eigenvalue weighted by molar-refractivity contribution is 14.1. The molecule has 3 rings (SSSR count). The van der Waals surface area contributed by atoms with Crippen molar-refractivity contribution >= 4 is 62.9 Å². The number of carbonyl (C=O) groups excluding carboxylic acids is 1. The first-order valence-corrected chi connectivity index (χ1v) is 8.99. The van der Waals surface area contributed by atoms with Gasteiger partial charge >= 0.3 is 0 Å². The molecular weight excluding hydrogens is 425 g/mol. The Balaban J connectivity index is 1.80. The average Bonchev–Trinajstić information content (AvgIpc) is 2.78. The largest absolute Gasteiger partial charge is 0.288 e. The molecule has 1 aliphatic rings. The Morgan fingerprint density at radius 3 is 2.45 bits per heavy atom. The van der Waals surface area contributed by atoms with Crippen molar-refractivity contribution in [3.63, 3.8) is 0 Å². The van der Waals surface area contributed by atoms with E-state index in [4.69, 9.17) is 12.2 Å². The number of halogens is 1. The van der Waals surface area contributed by atoms with E-state index < -0.39 is 0 Å². The molecule has 0 saturated carbocycles. The number of thioether (sulfide) groups is 1. The summed E-state index contributed by atoms with van der Waals surface area (Å²) in [7, 11) is 0. The number of nitrogens with zero attached hydrogens (tertiary/aromatic N) is 1. The molecule has 22 heavy (non-hydrogen) atoms. The van der Waals surface area contributed by atoms with Gasteiger partial charge in [-0.2, -0.15) is 0 Å². The van der Waals surface area contributed by atoms with Gasteiger partial charge in [-0.15, -0.1) is 0 Å². The van der Waals surface area contributed by atoms with Crippen LogP contribution in [-0.2, 0) is 11.3 Å². The van der Waals surface area contributed by atoms with Crippen molar-refractivity contribution in [2.75, 3.05) is 0 Å². The quantitative estimate of drug-likeness (QED) is 0.395. The van der Waals surface area contributed by atoms with Crippen LogP contribution < -0.4 is 0 Å². The molecule has 1 fully saturated rings. The molecule has 2 aromatic rings. The van der Waals surface area contributed by atoms with Gasteiger partial charge in [0, 0.05) is 3.57 Å². The summed E-state index contributed by atoms with van der Waals surface area (Å²) < 4.78 is 1.79. The van der Waals surface area contributed by atoms with E-state index in [2.05, 4.69) is 22.6 Å². The molecule has 0 spiro atoms. The summed E-state index contributed by atoms with van der Waals surface area (Å²) in [5.74, 6) is -0.0163. The number of benzene rings is 2. The highest BCUT2D eigenvalue weighted by atomic mass is 127. The van der Waals surface area contributed by atoms with Gasteiger partial charge in [-0.05, 0) is 51.9 Å². The second-order valence-electron chi connectivity index (χ2n) is 4.81. The Morgan fingerprint density at radius 1 is 1.09 bits per heavy atom. The summed E-state index contributed by atoms with van der Waals surface area (Å²) >= 11 is 8.99. The van der Waals surface area contributed by atoms with Gasteiger partial charge < -0.3 is 0 Å². The van der Waals surface area contributed by atoms with E-state index in [-0.39, 0.29) is 5.91 Å². The van der Waals surface area contributed by atoms with Gasteiger partial charge in [0.25, 0.3) is 5.91 Å². The highest BCUT2D eigenvalue weighted by Crippen LogP contribution is 2.33. The topological polar surface area (TPSA) is 20.3 Å². The lowest BCUT2D eigenvalue weighted by Crippen LogP contribution is -2.27. The molecule has 0 radical (unpaired) electrons. The Hall–Kier alpha value is -1.18. The van der Waals surface area contributed by atoms with Crippen LogP contribution in [0.2, 0.25) is 0 Å². The zero-order valence-electron chi connectivity index (χ0n) is 11.5. The first-order chi connectivity index (χ1) is 10.6. The predicted octanol–water partition coefficient (Wildman–Crippen LogP) is 4.69. The minimum Gasteiger partial charge on any atom is -0.288 e. The molecule has 0 N–H and O–H groups in total. The normalized spacial score (nSPS) is 16.6. The zero-order valence-corrected chi connectivity index (χ0v) is 15.3. The Kier molecular flexibility index (Phi) is 4.95. The highest BCUT2D eigenvalue weighted by Gasteiger charge is 2.31. The SMILES string of the molecule is O=C1C(=Cc2ccc(I)cc2)SC(=S)N1Cc1ccccc1. The molecule has 2 nitrogen and oxygen atoms in total. The van der Waals surface area contributed by atoms with Crippen molar-refractivity contribution in [1.82, 2.24) is 4.90 Å². The van der Waals surface area contributed by atoms with E-state index in [1.165, 1.54) is 15.3 Å². The second-order valence-corrected chi connectivity index (χ2v) is 7.73. The summed E-state index contributed by atoms with van der Waals surface area (Å²) in [5, 5.41) is 0. The second kappa shape index (κ2) is 6.93. The summed E-state index contributed by atoms with van der Waals surface area (Å²) in [6.07, 6.45) is 1.90. The third-order valence-corrected chi connectivity index (χ3v) is 5.32. The molecule has 0 bridgehead atoms. The number of hydrogen-bond acceptors (Lipinski definition) is 3. The molecule has 0 aromatic heterocycles. The summed E-state index contributed by atoms with van der Waals surface area (Å²) in [6, 6.07) is 18.0. The smallest absolute Gasteiger partial charge is 0.266 e. The fraction of sp³-hybridized carbons (Fsp3) is 0.0588. The van der Waals surface area contributed by atoms with Gasteiger partial charge in [-0.3, -0.25) is 9.69 Å². The number of carbonyl (C=O) groups is 1. The standard InChI is InChI=1S/C17H12INOS2/c18-14-8-6-12(7-9-14)10-15-16(20)19(17(21)22-15)11-13-4-2-1-3-5-13/h1-10H,11H2. The van der Waals surface area contributed by atoms with Crippen LogP contribution in [0.15, 0.2) is 59.5 Å². The van der Waals surface area contributed by atoms with Gasteiger partial charge in [0.05, 0.1) is 11.4 Å². The molecule has 1 heterocycles. The van der Waals surface area contributed by atoms with Crippen LogP contribution >= 0.6 is 46.6 Å². The van der Waals surface area contributed by atoms with Gasteiger partial charge in [0.2, 0.25) is 0 Å². The zero-order chi connectivity index (χ0) is 15.5. The van der Waals surface area contributed by atoms with Gasteiger partial charge in [-0.25, -0.2) is 0 Å². The van der Waals surface area contributed by atoms with Crippen molar-refractivity contribution < 1.29 is 4.79 Å². The van der Waals surface area contributed by atoms with Crippen LogP contribution in [0.1, 0.15) is 11.1 Å². The average molecular weight is 437 g/mol. The molecule has 110 valence electrons. The minimum atomic E-state index is -0.0163. The maximum atomic E-state index is 12.5. The maximum Gasteiger partial charge on any atom is 0.266 e. The third kappa shape index (κ3) is 3.59. The van der Waals surface area contributed by atoms with Gasteiger partial charge in [-0.1, -0.05) is 66.4 Å². The lowest BCUT2D eigenvalue weighted by atomic mass is 10.2. The molecular formula is C17H12INOS2. The van der Waals surface area contributed by atoms with Crippen LogP contribution in [-0.4, -0.2) is 15.1 Å². The lowest BCUT2D eigenvalue weighted by molar-refractivity contribution is -0.122. The molecule has 0 atom stereocenters. The first-order valence-electron chi connectivity index (χ1n) is 6.68. The Bertz CT molecular complexity index is 741. The monoisotopic (exact) mass is 437 g/mol. The fourth-order valence-electron chi connectivity index (χ4n) is 2.11. The molecule has 1 saturated heterocycles. The van der Waals surface area contributed by atoms with E-state index in [0.717, 1.165) is 11.1 Å². The van der Waals surface area contributed by atoms with E-state index in [1.54, 1.807) is 4.90 Å². The molecule has 0 aliphatic carbocycles. The number of hydrogen-bond donors (Lipinski definition) is 0. The van der Waals surface area contributed by atoms with Crippen LogP contribution in [0.5, 0.6) is 0 Å². The van der Waals surface area contributed by atoms with E-state index >= 15 is 0 Å². The van der Waals surface area contributed by atoms with Crippen LogP contribution in [0.25, 0.3) is 6.08 Å². The summed E-state index contributed by atoms with van der Waals surface area (Å²) in [6.45, 7) is 0.523. The number of amides is 1. The predicted molar refractivity (Wildman–Crippen MR) is 104 cm³/mol. The molecule has 1 aliphatic heterocycles. The van der Waals surface area contributed by atoms with Gasteiger partial charge in [0.1, 0.15) is 4.32 Å². The summed E-state index contributed by atoms with van der Waals surface area (Å²) in [5.41, 5.74) is 2.09. The molecule has 5 heteroatoms. The van der Waals surface area contributed by atoms with E-state index in [9.17, 15) is 4.79 Å². The maximum absolute atomic E-state index is 12.5. The van der Waals surface area contributed by atoms with Gasteiger partial charge in [0.15, 0.2) is 0 Å². The molecule has 2 aromatic carbocycles. The first kappa shape index (κ1) is 15.7. The third-order valence-electron chi connectivity index (χ3n) is 3.22. The van der Waals surface area contributed by atoms with Crippen molar-refractivity contribution in [2.45, 2.75) is 6.54 Å². The number of rotatable bonds is 3. The number of thiocarbonyl (C=S) groups is 1. The van der Waals surface area contributed by atoms with Crippen molar-refractivity contribution in [3.05, 3.63) is 74.2 Å². The lowest BCUT2D eigenvalue weighted by Gasteiger charge is -2.14. The van der Waals surface area contributed by atoms with Crippen molar-refractivity contribution in [1.29, 1.82) is 0 Å². The summed E-state index contributed by atoms with van der Waals surface area (Å²) in [4.78, 5) is 14.9. The van der Waals surface area contributed by atoms with Crippen LogP contribution in [0.4, 0.5) is 0 Å².